The van der Waals surface area contributed by atoms with Gasteiger partial charge < -0.3 is 19.0 Å². The molecule has 0 unspecified atom stereocenters. The normalized spacial score (nSPS) is 21.9. The van der Waals surface area contributed by atoms with Crippen LogP contribution < -0.4 is 9.47 Å². The number of thioether (sulfide) groups is 1. The summed E-state index contributed by atoms with van der Waals surface area (Å²) in [5, 5.41) is 13.0. The Morgan fingerprint density at radius 2 is 1.43 bits per heavy atom. The Bertz CT molecular complexity index is 1230. The molecule has 4 nitrogen and oxygen atoms in total. The fraction of sp³-hybridized carbons (Fsp3) is 0.419. The average Bonchev–Trinajstić information content (AvgIpc) is 2.89. The smallest absolute Gasteiger partial charge is 0.192 e. The number of aliphatic hydroxyl groups is 1. The lowest BCUT2D eigenvalue weighted by Crippen LogP contribution is -2.52. The number of hydrogen-bond acceptors (Lipinski definition) is 5. The van der Waals surface area contributed by atoms with Gasteiger partial charge in [0.25, 0.3) is 0 Å². The SMILES string of the molecule is COc1ccc([C@]2(C)CSc3cc(OC)ccc3[C@@]2(O)c2ccc(CO[Si](C)(C)C(C)(C)C)cc2)cc1. The molecule has 0 radical (unpaired) electrons. The van der Waals surface area contributed by atoms with E-state index in [0.29, 0.717) is 12.4 Å². The molecule has 0 aromatic heterocycles. The Labute approximate surface area is 227 Å². The van der Waals surface area contributed by atoms with Crippen LogP contribution in [0.2, 0.25) is 18.1 Å². The third kappa shape index (κ3) is 4.97. The molecule has 1 aliphatic rings. The van der Waals surface area contributed by atoms with Gasteiger partial charge in [0.2, 0.25) is 0 Å². The highest BCUT2D eigenvalue weighted by atomic mass is 32.2. The summed E-state index contributed by atoms with van der Waals surface area (Å²) in [5.41, 5.74) is 2.12. The van der Waals surface area contributed by atoms with Crippen molar-refractivity contribution in [3.63, 3.8) is 0 Å². The highest BCUT2D eigenvalue weighted by Crippen LogP contribution is 2.56. The molecule has 0 saturated heterocycles. The number of hydrogen-bond donors (Lipinski definition) is 1. The van der Waals surface area contributed by atoms with Crippen molar-refractivity contribution in [3.8, 4) is 11.5 Å². The molecule has 0 amide bonds. The van der Waals surface area contributed by atoms with Crippen LogP contribution in [0.1, 0.15) is 49.9 Å². The van der Waals surface area contributed by atoms with E-state index in [1.807, 2.05) is 30.3 Å². The predicted molar refractivity (Wildman–Crippen MR) is 155 cm³/mol. The first-order valence-electron chi connectivity index (χ1n) is 12.8. The van der Waals surface area contributed by atoms with Gasteiger partial charge in [0.05, 0.1) is 20.8 Å². The maximum absolute atomic E-state index is 12.8. The van der Waals surface area contributed by atoms with Gasteiger partial charge in [0, 0.05) is 21.6 Å². The van der Waals surface area contributed by atoms with E-state index in [2.05, 4.69) is 77.2 Å². The van der Waals surface area contributed by atoms with Gasteiger partial charge in [-0.3, -0.25) is 0 Å². The fourth-order valence-corrected chi connectivity index (χ4v) is 7.07. The second-order valence-electron chi connectivity index (χ2n) is 11.7. The minimum absolute atomic E-state index is 0.160. The summed E-state index contributed by atoms with van der Waals surface area (Å²) in [5.74, 6) is 2.31. The highest BCUT2D eigenvalue weighted by molar-refractivity contribution is 7.99. The van der Waals surface area contributed by atoms with Gasteiger partial charge >= 0.3 is 0 Å². The van der Waals surface area contributed by atoms with E-state index in [4.69, 9.17) is 13.9 Å². The van der Waals surface area contributed by atoms with Crippen molar-refractivity contribution in [1.29, 1.82) is 0 Å². The van der Waals surface area contributed by atoms with Crippen LogP contribution >= 0.6 is 11.8 Å². The number of fused-ring (bicyclic) bond motifs is 1. The van der Waals surface area contributed by atoms with Crippen LogP contribution in [-0.2, 0) is 22.0 Å². The zero-order valence-electron chi connectivity index (χ0n) is 23.3. The molecule has 1 N–H and O–H groups in total. The van der Waals surface area contributed by atoms with Crippen LogP contribution in [0.15, 0.2) is 71.6 Å². The third-order valence-electron chi connectivity index (χ3n) is 8.40. The first-order chi connectivity index (χ1) is 17.4. The molecule has 1 heterocycles. The first kappa shape index (κ1) is 27.8. The molecule has 3 aromatic rings. The summed E-state index contributed by atoms with van der Waals surface area (Å²) in [6.45, 7) is 14.0. The Morgan fingerprint density at radius 1 is 0.865 bits per heavy atom. The summed E-state index contributed by atoms with van der Waals surface area (Å²) in [7, 11) is 1.49. The molecule has 6 heteroatoms. The van der Waals surface area contributed by atoms with Crippen molar-refractivity contribution in [2.75, 3.05) is 20.0 Å². The molecule has 2 atom stereocenters. The molecule has 37 heavy (non-hydrogen) atoms. The van der Waals surface area contributed by atoms with E-state index in [-0.39, 0.29) is 5.04 Å². The Hall–Kier alpha value is -2.25. The summed E-state index contributed by atoms with van der Waals surface area (Å²) in [6.07, 6.45) is 0. The van der Waals surface area contributed by atoms with Crippen LogP contribution in [0.3, 0.4) is 0 Å². The van der Waals surface area contributed by atoms with Gasteiger partial charge in [0.15, 0.2) is 8.32 Å². The van der Waals surface area contributed by atoms with Crippen LogP contribution in [0, 0.1) is 0 Å². The minimum Gasteiger partial charge on any atom is -0.497 e. The Kier molecular flexibility index (Phi) is 7.61. The molecule has 198 valence electrons. The van der Waals surface area contributed by atoms with Crippen LogP contribution in [0.4, 0.5) is 0 Å². The van der Waals surface area contributed by atoms with Crippen molar-refractivity contribution < 1.29 is 19.0 Å². The lowest BCUT2D eigenvalue weighted by atomic mass is 9.63. The number of methoxy groups -OCH3 is 2. The summed E-state index contributed by atoms with van der Waals surface area (Å²) in [4.78, 5) is 1.04. The van der Waals surface area contributed by atoms with E-state index in [0.717, 1.165) is 38.6 Å². The quantitative estimate of drug-likeness (QED) is 0.316. The van der Waals surface area contributed by atoms with E-state index in [1.165, 1.54) is 0 Å². The fourth-order valence-electron chi connectivity index (χ4n) is 4.72. The second-order valence-corrected chi connectivity index (χ2v) is 17.5. The minimum atomic E-state index is -1.85. The maximum atomic E-state index is 12.8. The molecule has 1 aliphatic heterocycles. The van der Waals surface area contributed by atoms with Crippen LogP contribution in [0.5, 0.6) is 11.5 Å². The van der Waals surface area contributed by atoms with E-state index in [9.17, 15) is 5.11 Å². The van der Waals surface area contributed by atoms with Gasteiger partial charge in [0.1, 0.15) is 17.1 Å². The number of rotatable bonds is 7. The van der Waals surface area contributed by atoms with Crippen LogP contribution in [0.25, 0.3) is 0 Å². The van der Waals surface area contributed by atoms with E-state index >= 15 is 0 Å². The average molecular weight is 537 g/mol. The van der Waals surface area contributed by atoms with E-state index in [1.54, 1.807) is 26.0 Å². The van der Waals surface area contributed by atoms with Crippen molar-refractivity contribution >= 4 is 20.1 Å². The molecule has 0 bridgehead atoms. The first-order valence-corrected chi connectivity index (χ1v) is 16.7. The topological polar surface area (TPSA) is 47.9 Å². The van der Waals surface area contributed by atoms with Crippen molar-refractivity contribution in [2.45, 2.75) is 68.3 Å². The summed E-state index contributed by atoms with van der Waals surface area (Å²) < 4.78 is 17.3. The third-order valence-corrected chi connectivity index (χ3v) is 14.2. The lowest BCUT2D eigenvalue weighted by Gasteiger charge is -2.50. The lowest BCUT2D eigenvalue weighted by molar-refractivity contribution is 0.00574. The van der Waals surface area contributed by atoms with Gasteiger partial charge in [-0.05, 0) is 59.1 Å². The molecule has 0 aliphatic carbocycles. The van der Waals surface area contributed by atoms with E-state index < -0.39 is 19.3 Å². The zero-order chi connectivity index (χ0) is 27.1. The Morgan fingerprint density at radius 3 is 2.00 bits per heavy atom. The maximum Gasteiger partial charge on any atom is 0.192 e. The summed E-state index contributed by atoms with van der Waals surface area (Å²) in [6, 6.07) is 22.4. The van der Waals surface area contributed by atoms with Crippen molar-refractivity contribution in [3.05, 3.63) is 89.0 Å². The van der Waals surface area contributed by atoms with Crippen molar-refractivity contribution in [2.24, 2.45) is 0 Å². The molecule has 0 spiro atoms. The van der Waals surface area contributed by atoms with Crippen LogP contribution in [-0.4, -0.2) is 33.4 Å². The molecule has 0 saturated carbocycles. The predicted octanol–water partition coefficient (Wildman–Crippen LogP) is 7.53. The Balaban J connectivity index is 1.77. The number of ether oxygens (including phenoxy) is 2. The standard InChI is InChI=1S/C31H40O4SSi/c1-29(2,3)37(7,8)35-20-22-9-11-24(12-10-22)31(32)27-18-17-26(34-6)19-28(27)36-21-30(31,4)23-13-15-25(33-5)16-14-23/h9-19,32H,20-21H2,1-8H3/t30-,31-/m0/s1. The van der Waals surface area contributed by atoms with Gasteiger partial charge in [-0.1, -0.05) is 70.2 Å². The zero-order valence-corrected chi connectivity index (χ0v) is 25.2. The van der Waals surface area contributed by atoms with Gasteiger partial charge in [-0.2, -0.15) is 0 Å². The largest absolute Gasteiger partial charge is 0.497 e. The molecular formula is C31H40O4SSi. The molecular weight excluding hydrogens is 496 g/mol. The second kappa shape index (κ2) is 10.1. The monoisotopic (exact) mass is 536 g/mol. The molecule has 0 fully saturated rings. The number of benzene rings is 3. The van der Waals surface area contributed by atoms with Gasteiger partial charge in [-0.25, -0.2) is 0 Å². The van der Waals surface area contributed by atoms with Crippen molar-refractivity contribution in [1.82, 2.24) is 0 Å². The summed E-state index contributed by atoms with van der Waals surface area (Å²) >= 11 is 1.76. The molecule has 4 rings (SSSR count). The van der Waals surface area contributed by atoms with Gasteiger partial charge in [-0.15, -0.1) is 11.8 Å². The molecule has 3 aromatic carbocycles. The highest BCUT2D eigenvalue weighted by Gasteiger charge is 2.54.